The standard InChI is InChI=1S/C7H15ClO2/c1-3-5-6(8)10-7(9)4-2/h6-7,9H,3-5H2,1-2H3. The summed E-state index contributed by atoms with van der Waals surface area (Å²) in [5.41, 5.74) is -0.333. The first kappa shape index (κ1) is 10.2. The van der Waals surface area contributed by atoms with E-state index in [9.17, 15) is 0 Å². The monoisotopic (exact) mass is 166 g/mol. The van der Waals surface area contributed by atoms with Crippen molar-refractivity contribution < 1.29 is 9.84 Å². The molecule has 0 saturated heterocycles. The van der Waals surface area contributed by atoms with E-state index in [0.717, 1.165) is 12.8 Å². The molecule has 62 valence electrons. The number of aliphatic hydroxyl groups excluding tert-OH is 1. The summed E-state index contributed by atoms with van der Waals surface area (Å²) in [6, 6.07) is 0. The van der Waals surface area contributed by atoms with E-state index >= 15 is 0 Å². The van der Waals surface area contributed by atoms with E-state index in [2.05, 4.69) is 0 Å². The van der Waals surface area contributed by atoms with Crippen molar-refractivity contribution in [2.45, 2.75) is 45.0 Å². The Morgan fingerprint density at radius 3 is 2.50 bits per heavy atom. The molecule has 2 nitrogen and oxygen atoms in total. The van der Waals surface area contributed by atoms with Gasteiger partial charge >= 0.3 is 0 Å². The summed E-state index contributed by atoms with van der Waals surface area (Å²) in [4.78, 5) is 0. The molecule has 3 heteroatoms. The van der Waals surface area contributed by atoms with Gasteiger partial charge in [0.2, 0.25) is 0 Å². The molecule has 0 rings (SSSR count). The molecule has 10 heavy (non-hydrogen) atoms. The van der Waals surface area contributed by atoms with Crippen LogP contribution in [0.4, 0.5) is 0 Å². The van der Waals surface area contributed by atoms with E-state index in [0.29, 0.717) is 6.42 Å². The fraction of sp³-hybridized carbons (Fsp3) is 1.00. The maximum atomic E-state index is 8.95. The molecule has 0 heterocycles. The molecule has 2 unspecified atom stereocenters. The highest BCUT2D eigenvalue weighted by atomic mass is 35.5. The zero-order valence-electron chi connectivity index (χ0n) is 6.51. The molecule has 0 radical (unpaired) electrons. The maximum absolute atomic E-state index is 8.95. The van der Waals surface area contributed by atoms with Crippen LogP contribution in [0.3, 0.4) is 0 Å². The van der Waals surface area contributed by atoms with Crippen LogP contribution in [0.1, 0.15) is 33.1 Å². The Balaban J connectivity index is 3.27. The van der Waals surface area contributed by atoms with Crippen molar-refractivity contribution in [3.8, 4) is 0 Å². The number of hydrogen-bond acceptors (Lipinski definition) is 2. The van der Waals surface area contributed by atoms with E-state index in [-0.39, 0.29) is 5.56 Å². The van der Waals surface area contributed by atoms with E-state index in [1.54, 1.807) is 0 Å². The molecule has 0 aliphatic heterocycles. The van der Waals surface area contributed by atoms with Crippen LogP contribution in [0.5, 0.6) is 0 Å². The Hall–Kier alpha value is 0.210. The number of hydrogen-bond donors (Lipinski definition) is 1. The Kier molecular flexibility index (Phi) is 6.08. The van der Waals surface area contributed by atoms with Gasteiger partial charge in [0.15, 0.2) is 6.29 Å². The molecule has 0 aromatic heterocycles. The van der Waals surface area contributed by atoms with Gasteiger partial charge in [0.25, 0.3) is 0 Å². The third kappa shape index (κ3) is 5.03. The summed E-state index contributed by atoms with van der Waals surface area (Å²) in [6.07, 6.45) is 1.66. The van der Waals surface area contributed by atoms with Crippen molar-refractivity contribution in [3.05, 3.63) is 0 Å². The summed E-state index contributed by atoms with van der Waals surface area (Å²) >= 11 is 5.67. The Labute approximate surface area is 67.1 Å². The van der Waals surface area contributed by atoms with Crippen molar-refractivity contribution in [2.75, 3.05) is 0 Å². The predicted molar refractivity (Wildman–Crippen MR) is 41.9 cm³/mol. The number of rotatable bonds is 5. The van der Waals surface area contributed by atoms with Crippen LogP contribution >= 0.6 is 11.6 Å². The molecule has 1 N–H and O–H groups in total. The van der Waals surface area contributed by atoms with Gasteiger partial charge in [-0.05, 0) is 12.8 Å². The molecule has 0 saturated carbocycles. The van der Waals surface area contributed by atoms with E-state index in [1.165, 1.54) is 0 Å². The topological polar surface area (TPSA) is 29.5 Å². The molecule has 0 aromatic rings. The third-order valence-corrected chi connectivity index (χ3v) is 1.49. The first-order chi connectivity index (χ1) is 4.70. The maximum Gasteiger partial charge on any atom is 0.156 e. The molecule has 0 aromatic carbocycles. The van der Waals surface area contributed by atoms with Gasteiger partial charge in [0.1, 0.15) is 5.56 Å². The molecule has 2 atom stereocenters. The molecule has 0 aliphatic rings. The van der Waals surface area contributed by atoms with Gasteiger partial charge in [-0.25, -0.2) is 0 Å². The van der Waals surface area contributed by atoms with Crippen LogP contribution in [0, 0.1) is 0 Å². The molecule has 0 fully saturated rings. The lowest BCUT2D eigenvalue weighted by molar-refractivity contribution is -0.114. The second-order valence-corrected chi connectivity index (χ2v) is 2.68. The minimum absolute atomic E-state index is 0.333. The van der Waals surface area contributed by atoms with Crippen LogP contribution in [0.2, 0.25) is 0 Å². The van der Waals surface area contributed by atoms with Gasteiger partial charge in [-0.15, -0.1) is 0 Å². The Morgan fingerprint density at radius 2 is 2.10 bits per heavy atom. The van der Waals surface area contributed by atoms with E-state index < -0.39 is 6.29 Å². The van der Waals surface area contributed by atoms with E-state index in [4.69, 9.17) is 21.4 Å². The molecular weight excluding hydrogens is 152 g/mol. The second-order valence-electron chi connectivity index (χ2n) is 2.20. The van der Waals surface area contributed by atoms with Gasteiger partial charge in [-0.3, -0.25) is 0 Å². The molecule has 0 amide bonds. The minimum atomic E-state index is -0.700. The number of alkyl halides is 1. The smallest absolute Gasteiger partial charge is 0.156 e. The molecule has 0 bridgehead atoms. The molecular formula is C7H15ClO2. The van der Waals surface area contributed by atoms with Crippen molar-refractivity contribution in [3.63, 3.8) is 0 Å². The minimum Gasteiger partial charge on any atom is -0.368 e. The van der Waals surface area contributed by atoms with Gasteiger partial charge in [0.05, 0.1) is 0 Å². The Morgan fingerprint density at radius 1 is 1.50 bits per heavy atom. The zero-order chi connectivity index (χ0) is 7.98. The lowest BCUT2D eigenvalue weighted by Crippen LogP contribution is -2.16. The van der Waals surface area contributed by atoms with Gasteiger partial charge in [-0.1, -0.05) is 31.9 Å². The van der Waals surface area contributed by atoms with Crippen molar-refractivity contribution >= 4 is 11.6 Å². The third-order valence-electron chi connectivity index (χ3n) is 1.17. The van der Waals surface area contributed by atoms with Gasteiger partial charge < -0.3 is 9.84 Å². The highest BCUT2D eigenvalue weighted by Crippen LogP contribution is 2.09. The summed E-state index contributed by atoms with van der Waals surface area (Å²) in [5, 5.41) is 8.95. The first-order valence-electron chi connectivity index (χ1n) is 3.68. The summed E-state index contributed by atoms with van der Waals surface area (Å²) < 4.78 is 4.96. The number of aliphatic hydroxyl groups is 1. The summed E-state index contributed by atoms with van der Waals surface area (Å²) in [7, 11) is 0. The van der Waals surface area contributed by atoms with Crippen LogP contribution in [0.25, 0.3) is 0 Å². The lowest BCUT2D eigenvalue weighted by Gasteiger charge is -2.13. The van der Waals surface area contributed by atoms with Crippen molar-refractivity contribution in [1.82, 2.24) is 0 Å². The second kappa shape index (κ2) is 5.96. The average Bonchev–Trinajstić information content (AvgIpc) is 1.88. The highest BCUT2D eigenvalue weighted by Gasteiger charge is 2.07. The predicted octanol–water partition coefficient (Wildman–Crippen LogP) is 2.10. The van der Waals surface area contributed by atoms with Crippen LogP contribution in [-0.2, 0) is 4.74 Å². The Bertz CT molecular complexity index is 78.0. The summed E-state index contributed by atoms with van der Waals surface area (Å²) in [5.74, 6) is 0. The van der Waals surface area contributed by atoms with Crippen molar-refractivity contribution in [2.24, 2.45) is 0 Å². The first-order valence-corrected chi connectivity index (χ1v) is 4.11. The fourth-order valence-corrected chi connectivity index (χ4v) is 0.899. The average molecular weight is 167 g/mol. The van der Waals surface area contributed by atoms with Crippen LogP contribution in [0.15, 0.2) is 0 Å². The highest BCUT2D eigenvalue weighted by molar-refractivity contribution is 6.19. The van der Waals surface area contributed by atoms with Crippen LogP contribution in [-0.4, -0.2) is 17.0 Å². The van der Waals surface area contributed by atoms with E-state index in [1.807, 2.05) is 13.8 Å². The quantitative estimate of drug-likeness (QED) is 0.501. The van der Waals surface area contributed by atoms with Gasteiger partial charge in [-0.2, -0.15) is 0 Å². The normalized spacial score (nSPS) is 16.8. The van der Waals surface area contributed by atoms with Gasteiger partial charge in [0, 0.05) is 0 Å². The molecule has 0 spiro atoms. The van der Waals surface area contributed by atoms with Crippen molar-refractivity contribution in [1.29, 1.82) is 0 Å². The lowest BCUT2D eigenvalue weighted by atomic mass is 10.3. The largest absolute Gasteiger partial charge is 0.368 e. The number of ether oxygens (including phenoxy) is 1. The molecule has 0 aliphatic carbocycles. The summed E-state index contributed by atoms with van der Waals surface area (Å²) in [6.45, 7) is 3.87. The SMILES string of the molecule is CCCC(Cl)OC(O)CC. The zero-order valence-corrected chi connectivity index (χ0v) is 7.27. The van der Waals surface area contributed by atoms with Crippen LogP contribution < -0.4 is 0 Å². The fourth-order valence-electron chi connectivity index (χ4n) is 0.562. The number of halogens is 1.